The summed E-state index contributed by atoms with van der Waals surface area (Å²) >= 11 is 6.10. The first-order valence-corrected chi connectivity index (χ1v) is 11.9. The van der Waals surface area contributed by atoms with Gasteiger partial charge < -0.3 is 5.11 Å². The van der Waals surface area contributed by atoms with Gasteiger partial charge >= 0.3 is 5.97 Å². The van der Waals surface area contributed by atoms with Gasteiger partial charge in [0.15, 0.2) is 0 Å². The van der Waals surface area contributed by atoms with Gasteiger partial charge in [-0.05, 0) is 71.5 Å². The predicted octanol–water partition coefficient (Wildman–Crippen LogP) is 7.34. The largest absolute Gasteiger partial charge is 0.478 e. The molecule has 0 saturated heterocycles. The smallest absolute Gasteiger partial charge is 0.335 e. The van der Waals surface area contributed by atoms with E-state index in [9.17, 15) is 9.90 Å². The lowest BCUT2D eigenvalue weighted by Gasteiger charge is -2.24. The van der Waals surface area contributed by atoms with E-state index in [-0.39, 0.29) is 0 Å². The molecule has 0 saturated carbocycles. The van der Waals surface area contributed by atoms with Crippen LogP contribution in [0.25, 0.3) is 11.1 Å². The van der Waals surface area contributed by atoms with Gasteiger partial charge in [0.25, 0.3) is 0 Å². The van der Waals surface area contributed by atoms with E-state index in [1.165, 1.54) is 16.7 Å². The van der Waals surface area contributed by atoms with Crippen molar-refractivity contribution in [3.63, 3.8) is 0 Å². The highest BCUT2D eigenvalue weighted by atomic mass is 35.5. The van der Waals surface area contributed by atoms with E-state index in [1.54, 1.807) is 12.1 Å². The first kappa shape index (κ1) is 23.7. The molecule has 0 radical (unpaired) electrons. The molecule has 0 aromatic heterocycles. The molecule has 172 valence electrons. The fraction of sp³-hybridized carbons (Fsp3) is 0.167. The van der Waals surface area contributed by atoms with Crippen LogP contribution in [-0.2, 0) is 19.5 Å². The lowest BCUT2D eigenvalue weighted by Crippen LogP contribution is -2.24. The van der Waals surface area contributed by atoms with E-state index in [0.717, 1.165) is 48.6 Å². The number of hydrogen-bond donors (Lipinski definition) is 1. The molecule has 4 rings (SSSR count). The second-order valence-corrected chi connectivity index (χ2v) is 8.90. The van der Waals surface area contributed by atoms with Gasteiger partial charge in [0.1, 0.15) is 0 Å². The van der Waals surface area contributed by atoms with Crippen LogP contribution >= 0.6 is 11.6 Å². The van der Waals surface area contributed by atoms with Gasteiger partial charge in [-0.3, -0.25) is 4.90 Å². The molecular formula is C30H28ClNO2. The van der Waals surface area contributed by atoms with Gasteiger partial charge in [-0.15, -0.1) is 0 Å². The van der Waals surface area contributed by atoms with Crippen molar-refractivity contribution >= 4 is 17.6 Å². The second-order valence-electron chi connectivity index (χ2n) is 8.47. The van der Waals surface area contributed by atoms with Gasteiger partial charge in [0.2, 0.25) is 0 Å². The van der Waals surface area contributed by atoms with Gasteiger partial charge in [-0.2, -0.15) is 0 Å². The molecule has 4 aromatic carbocycles. The summed E-state index contributed by atoms with van der Waals surface area (Å²) in [6.45, 7) is 2.59. The quantitative estimate of drug-likeness (QED) is 0.264. The average molecular weight is 470 g/mol. The van der Waals surface area contributed by atoms with Crippen molar-refractivity contribution in [1.82, 2.24) is 4.90 Å². The van der Waals surface area contributed by atoms with Crippen LogP contribution in [0.5, 0.6) is 0 Å². The highest BCUT2D eigenvalue weighted by Gasteiger charge is 2.12. The number of hydrogen-bond acceptors (Lipinski definition) is 2. The molecule has 4 aromatic rings. The second kappa shape index (κ2) is 11.6. The zero-order chi connectivity index (χ0) is 23.8. The van der Waals surface area contributed by atoms with E-state index in [4.69, 9.17) is 11.6 Å². The van der Waals surface area contributed by atoms with Crippen molar-refractivity contribution in [2.45, 2.75) is 25.9 Å². The van der Waals surface area contributed by atoms with E-state index in [2.05, 4.69) is 65.6 Å². The van der Waals surface area contributed by atoms with Crippen molar-refractivity contribution in [3.8, 4) is 11.1 Å². The Hall–Kier alpha value is -3.40. The number of nitrogens with zero attached hydrogens (tertiary/aromatic N) is 1. The van der Waals surface area contributed by atoms with E-state index < -0.39 is 5.97 Å². The molecule has 0 unspecified atom stereocenters. The number of aromatic carboxylic acids is 1. The Labute approximate surface area is 206 Å². The van der Waals surface area contributed by atoms with Crippen LogP contribution in [0.2, 0.25) is 5.02 Å². The van der Waals surface area contributed by atoms with Crippen LogP contribution in [0.1, 0.15) is 33.5 Å². The maximum absolute atomic E-state index is 11.2. The van der Waals surface area contributed by atoms with Gasteiger partial charge in [-0.25, -0.2) is 4.79 Å². The van der Waals surface area contributed by atoms with Crippen molar-refractivity contribution in [2.24, 2.45) is 0 Å². The molecule has 0 fully saturated rings. The van der Waals surface area contributed by atoms with E-state index in [0.29, 0.717) is 5.56 Å². The predicted molar refractivity (Wildman–Crippen MR) is 139 cm³/mol. The zero-order valence-electron chi connectivity index (χ0n) is 19.0. The monoisotopic (exact) mass is 469 g/mol. The van der Waals surface area contributed by atoms with Gasteiger partial charge in [0, 0.05) is 18.1 Å². The lowest BCUT2D eigenvalue weighted by atomic mass is 9.98. The summed E-state index contributed by atoms with van der Waals surface area (Å²) in [5.41, 5.74) is 6.26. The van der Waals surface area contributed by atoms with Crippen molar-refractivity contribution in [2.75, 3.05) is 6.54 Å². The SMILES string of the molecule is O=C(O)c1ccc(-c2ccccc2CN(CCCc2ccccc2)Cc2ccc(Cl)cc2)cc1. The van der Waals surface area contributed by atoms with E-state index >= 15 is 0 Å². The summed E-state index contributed by atoms with van der Waals surface area (Å²) < 4.78 is 0. The Morgan fingerprint density at radius 1 is 0.735 bits per heavy atom. The highest BCUT2D eigenvalue weighted by molar-refractivity contribution is 6.30. The third kappa shape index (κ3) is 6.57. The maximum Gasteiger partial charge on any atom is 0.335 e. The van der Waals surface area contributed by atoms with Crippen LogP contribution in [0.15, 0.2) is 103 Å². The molecule has 4 heteroatoms. The molecule has 34 heavy (non-hydrogen) atoms. The molecule has 0 spiro atoms. The van der Waals surface area contributed by atoms with E-state index in [1.807, 2.05) is 30.3 Å². The minimum atomic E-state index is -0.910. The summed E-state index contributed by atoms with van der Waals surface area (Å²) in [4.78, 5) is 13.7. The number of carboxylic acid groups (broad SMARTS) is 1. The molecule has 0 amide bonds. The lowest BCUT2D eigenvalue weighted by molar-refractivity contribution is 0.0697. The topological polar surface area (TPSA) is 40.5 Å². The Morgan fingerprint density at radius 2 is 1.41 bits per heavy atom. The molecular weight excluding hydrogens is 442 g/mol. The molecule has 1 N–H and O–H groups in total. The van der Waals surface area contributed by atoms with Crippen molar-refractivity contribution in [1.29, 1.82) is 0 Å². The Morgan fingerprint density at radius 3 is 2.12 bits per heavy atom. The zero-order valence-corrected chi connectivity index (χ0v) is 19.8. The molecule has 0 aliphatic heterocycles. The number of carboxylic acids is 1. The Balaban J connectivity index is 1.53. The van der Waals surface area contributed by atoms with Crippen molar-refractivity contribution in [3.05, 3.63) is 130 Å². The fourth-order valence-electron chi connectivity index (χ4n) is 4.19. The van der Waals surface area contributed by atoms with Gasteiger partial charge in [0.05, 0.1) is 5.56 Å². The molecule has 0 aliphatic rings. The number of rotatable bonds is 10. The molecule has 3 nitrogen and oxygen atoms in total. The van der Waals surface area contributed by atoms with Gasteiger partial charge in [-0.1, -0.05) is 90.5 Å². The summed E-state index contributed by atoms with van der Waals surface area (Å²) in [5.74, 6) is -0.910. The molecule has 0 heterocycles. The first-order chi connectivity index (χ1) is 16.6. The standard InChI is InChI=1S/C30H28ClNO2/c31-28-18-12-24(13-19-28)21-32(20-6-9-23-7-2-1-3-8-23)22-27-10-4-5-11-29(27)25-14-16-26(17-15-25)30(33)34/h1-5,7-8,10-19H,6,9,20-22H2,(H,33,34). The Bertz CT molecular complexity index is 1200. The summed E-state index contributed by atoms with van der Waals surface area (Å²) in [6, 6.07) is 34.1. The highest BCUT2D eigenvalue weighted by Crippen LogP contribution is 2.26. The third-order valence-corrected chi connectivity index (χ3v) is 6.21. The molecule has 0 bridgehead atoms. The van der Waals surface area contributed by atoms with Crippen LogP contribution in [0.3, 0.4) is 0 Å². The number of aryl methyl sites for hydroxylation is 1. The average Bonchev–Trinajstić information content (AvgIpc) is 2.86. The maximum atomic E-state index is 11.2. The summed E-state index contributed by atoms with van der Waals surface area (Å²) in [5, 5.41) is 9.97. The first-order valence-electron chi connectivity index (χ1n) is 11.5. The summed E-state index contributed by atoms with van der Waals surface area (Å²) in [6.07, 6.45) is 2.10. The number of carbonyl (C=O) groups is 1. The third-order valence-electron chi connectivity index (χ3n) is 5.96. The summed E-state index contributed by atoms with van der Waals surface area (Å²) in [7, 11) is 0. The Kier molecular flexibility index (Phi) is 8.13. The van der Waals surface area contributed by atoms with Crippen LogP contribution in [0, 0.1) is 0 Å². The normalized spacial score (nSPS) is 11.0. The van der Waals surface area contributed by atoms with Crippen molar-refractivity contribution < 1.29 is 9.90 Å². The molecule has 0 aliphatic carbocycles. The minimum Gasteiger partial charge on any atom is -0.478 e. The number of benzene rings is 4. The fourth-order valence-corrected chi connectivity index (χ4v) is 4.31. The van der Waals surface area contributed by atoms with Crippen LogP contribution in [0.4, 0.5) is 0 Å². The van der Waals surface area contributed by atoms with Crippen LogP contribution < -0.4 is 0 Å². The van der Waals surface area contributed by atoms with Crippen LogP contribution in [-0.4, -0.2) is 22.5 Å². The molecule has 0 atom stereocenters. The minimum absolute atomic E-state index is 0.298. The number of halogens is 1.